The van der Waals surface area contributed by atoms with Crippen LogP contribution in [0, 0.1) is 6.92 Å². The first-order valence-corrected chi connectivity index (χ1v) is 10.1. The lowest BCUT2D eigenvalue weighted by atomic mass is 10.2. The Kier molecular flexibility index (Phi) is 5.04. The molecule has 158 valence electrons. The predicted octanol–water partition coefficient (Wildman–Crippen LogP) is 3.70. The van der Waals surface area contributed by atoms with Crippen LogP contribution in [0.2, 0.25) is 0 Å². The quantitative estimate of drug-likeness (QED) is 0.431. The standard InChI is InChI=1S/C23H20N8O/c1-16-26-21(13-22(27-16)31-12-4-11-25-31)28-17-7-9-18(10-8-17)29-23(32)14-30-15-24-19-5-2-3-6-20(19)30/h2-13,15H,14H2,1H3,(H,29,32)(H,26,27,28). The van der Waals surface area contributed by atoms with Gasteiger partial charge < -0.3 is 15.2 Å². The number of nitrogens with one attached hydrogen (secondary N) is 2. The van der Waals surface area contributed by atoms with Gasteiger partial charge in [-0.2, -0.15) is 5.10 Å². The van der Waals surface area contributed by atoms with Crippen LogP contribution in [0.25, 0.3) is 16.9 Å². The molecule has 9 heteroatoms. The van der Waals surface area contributed by atoms with Gasteiger partial charge in [-0.25, -0.2) is 19.6 Å². The number of carbonyl (C=O) groups excluding carboxylic acids is 1. The van der Waals surface area contributed by atoms with Crippen LogP contribution in [-0.4, -0.2) is 35.2 Å². The second kappa shape index (κ2) is 8.31. The molecule has 2 aromatic carbocycles. The van der Waals surface area contributed by atoms with Crippen molar-refractivity contribution in [1.29, 1.82) is 0 Å². The van der Waals surface area contributed by atoms with E-state index in [4.69, 9.17) is 0 Å². The van der Waals surface area contributed by atoms with Gasteiger partial charge >= 0.3 is 0 Å². The Morgan fingerprint density at radius 3 is 2.62 bits per heavy atom. The molecular formula is C23H20N8O. The zero-order chi connectivity index (χ0) is 21.9. The molecular weight excluding hydrogens is 404 g/mol. The Morgan fingerprint density at radius 1 is 1.00 bits per heavy atom. The summed E-state index contributed by atoms with van der Waals surface area (Å²) in [6.07, 6.45) is 5.21. The van der Waals surface area contributed by atoms with Gasteiger partial charge in [0.2, 0.25) is 5.91 Å². The fraction of sp³-hybridized carbons (Fsp3) is 0.0870. The summed E-state index contributed by atoms with van der Waals surface area (Å²) in [6.45, 7) is 2.03. The molecule has 1 amide bonds. The number of hydrogen-bond acceptors (Lipinski definition) is 6. The van der Waals surface area contributed by atoms with Crippen LogP contribution in [0.4, 0.5) is 17.2 Å². The number of aryl methyl sites for hydroxylation is 1. The number of anilines is 3. The van der Waals surface area contributed by atoms with E-state index in [2.05, 4.69) is 30.7 Å². The molecule has 3 aromatic heterocycles. The molecule has 0 aliphatic rings. The Morgan fingerprint density at radius 2 is 1.81 bits per heavy atom. The van der Waals surface area contributed by atoms with Crippen molar-refractivity contribution in [3.05, 3.63) is 85.2 Å². The van der Waals surface area contributed by atoms with E-state index in [1.165, 1.54) is 0 Å². The van der Waals surface area contributed by atoms with Crippen molar-refractivity contribution in [2.24, 2.45) is 0 Å². The molecule has 32 heavy (non-hydrogen) atoms. The minimum atomic E-state index is -0.121. The van der Waals surface area contributed by atoms with Gasteiger partial charge in [-0.1, -0.05) is 12.1 Å². The minimum Gasteiger partial charge on any atom is -0.340 e. The summed E-state index contributed by atoms with van der Waals surface area (Å²) in [5.41, 5.74) is 3.34. The third kappa shape index (κ3) is 4.17. The van der Waals surface area contributed by atoms with Gasteiger partial charge in [0.25, 0.3) is 0 Å². The molecule has 0 atom stereocenters. The lowest BCUT2D eigenvalue weighted by molar-refractivity contribution is -0.116. The van der Waals surface area contributed by atoms with Crippen molar-refractivity contribution >= 4 is 34.1 Å². The van der Waals surface area contributed by atoms with Gasteiger partial charge in [0.15, 0.2) is 5.82 Å². The summed E-state index contributed by atoms with van der Waals surface area (Å²) in [5, 5.41) is 10.4. The lowest BCUT2D eigenvalue weighted by Crippen LogP contribution is -2.18. The molecule has 5 rings (SSSR count). The number of hydrogen-bond donors (Lipinski definition) is 2. The van der Waals surface area contributed by atoms with Crippen molar-refractivity contribution in [1.82, 2.24) is 29.3 Å². The molecule has 0 fully saturated rings. The van der Waals surface area contributed by atoms with E-state index in [-0.39, 0.29) is 12.5 Å². The molecule has 0 saturated heterocycles. The molecule has 0 spiro atoms. The number of carbonyl (C=O) groups is 1. The Bertz CT molecular complexity index is 1370. The highest BCUT2D eigenvalue weighted by Gasteiger charge is 2.08. The summed E-state index contributed by atoms with van der Waals surface area (Å²) in [6, 6.07) is 18.8. The van der Waals surface area contributed by atoms with Crippen LogP contribution in [0.3, 0.4) is 0 Å². The first kappa shape index (κ1) is 19.4. The summed E-state index contributed by atoms with van der Waals surface area (Å²) >= 11 is 0. The Hall–Kier alpha value is -4.53. The van der Waals surface area contributed by atoms with Crippen LogP contribution in [0.15, 0.2) is 79.4 Å². The average molecular weight is 424 g/mol. The largest absolute Gasteiger partial charge is 0.340 e. The molecule has 9 nitrogen and oxygen atoms in total. The Labute approximate surface area is 183 Å². The van der Waals surface area contributed by atoms with Crippen molar-refractivity contribution in [3.63, 3.8) is 0 Å². The SMILES string of the molecule is Cc1nc(Nc2ccc(NC(=O)Cn3cnc4ccccc43)cc2)cc(-n2cccn2)n1. The van der Waals surface area contributed by atoms with E-state index in [0.29, 0.717) is 23.1 Å². The smallest absolute Gasteiger partial charge is 0.244 e. The summed E-state index contributed by atoms with van der Waals surface area (Å²) in [7, 11) is 0. The average Bonchev–Trinajstić information content (AvgIpc) is 3.46. The number of fused-ring (bicyclic) bond motifs is 1. The fourth-order valence-electron chi connectivity index (χ4n) is 3.41. The number of rotatable bonds is 6. The minimum absolute atomic E-state index is 0.121. The predicted molar refractivity (Wildman–Crippen MR) is 122 cm³/mol. The van der Waals surface area contributed by atoms with E-state index in [0.717, 1.165) is 16.7 Å². The summed E-state index contributed by atoms with van der Waals surface area (Å²) < 4.78 is 3.51. The maximum absolute atomic E-state index is 12.5. The second-order valence-electron chi connectivity index (χ2n) is 7.22. The van der Waals surface area contributed by atoms with E-state index in [9.17, 15) is 4.79 Å². The van der Waals surface area contributed by atoms with Gasteiger partial charge in [-0.15, -0.1) is 0 Å². The van der Waals surface area contributed by atoms with Gasteiger partial charge in [-0.05, 0) is 49.4 Å². The van der Waals surface area contributed by atoms with Crippen molar-refractivity contribution < 1.29 is 4.79 Å². The van der Waals surface area contributed by atoms with E-state index in [1.54, 1.807) is 17.2 Å². The molecule has 3 heterocycles. The molecule has 5 aromatic rings. The van der Waals surface area contributed by atoms with Crippen molar-refractivity contribution in [3.8, 4) is 5.82 Å². The van der Waals surface area contributed by atoms with Crippen molar-refractivity contribution in [2.45, 2.75) is 13.5 Å². The summed E-state index contributed by atoms with van der Waals surface area (Å²) in [5.74, 6) is 1.85. The van der Waals surface area contributed by atoms with E-state index >= 15 is 0 Å². The van der Waals surface area contributed by atoms with Gasteiger partial charge in [0.05, 0.1) is 17.4 Å². The van der Waals surface area contributed by atoms with Crippen LogP contribution < -0.4 is 10.6 Å². The molecule has 0 unspecified atom stereocenters. The first-order valence-electron chi connectivity index (χ1n) is 10.1. The van der Waals surface area contributed by atoms with Crippen LogP contribution in [0.5, 0.6) is 0 Å². The summed E-state index contributed by atoms with van der Waals surface area (Å²) in [4.78, 5) is 25.6. The first-order chi connectivity index (χ1) is 15.6. The highest BCUT2D eigenvalue weighted by molar-refractivity contribution is 5.91. The number of aromatic nitrogens is 6. The number of imidazole rings is 1. The van der Waals surface area contributed by atoms with Gasteiger partial charge in [-0.3, -0.25) is 4.79 Å². The number of para-hydroxylation sites is 2. The van der Waals surface area contributed by atoms with E-state index < -0.39 is 0 Å². The third-order valence-corrected chi connectivity index (χ3v) is 4.85. The molecule has 2 N–H and O–H groups in total. The second-order valence-corrected chi connectivity index (χ2v) is 7.22. The lowest BCUT2D eigenvalue weighted by Gasteiger charge is -2.10. The topological polar surface area (TPSA) is 103 Å². The monoisotopic (exact) mass is 424 g/mol. The van der Waals surface area contributed by atoms with Crippen LogP contribution >= 0.6 is 0 Å². The van der Waals surface area contributed by atoms with E-state index in [1.807, 2.05) is 78.4 Å². The fourth-order valence-corrected chi connectivity index (χ4v) is 3.41. The number of nitrogens with zero attached hydrogens (tertiary/aromatic N) is 6. The highest BCUT2D eigenvalue weighted by atomic mass is 16.1. The normalized spacial score (nSPS) is 10.9. The molecule has 0 saturated carbocycles. The molecule has 0 bridgehead atoms. The Balaban J connectivity index is 1.25. The molecule has 0 aliphatic carbocycles. The zero-order valence-electron chi connectivity index (χ0n) is 17.3. The third-order valence-electron chi connectivity index (χ3n) is 4.85. The van der Waals surface area contributed by atoms with Gasteiger partial charge in [0, 0.05) is 29.8 Å². The molecule has 0 radical (unpaired) electrons. The number of amides is 1. The zero-order valence-corrected chi connectivity index (χ0v) is 17.3. The van der Waals surface area contributed by atoms with Gasteiger partial charge in [0.1, 0.15) is 18.2 Å². The number of benzene rings is 2. The maximum atomic E-state index is 12.5. The van der Waals surface area contributed by atoms with Crippen LogP contribution in [0.1, 0.15) is 5.82 Å². The van der Waals surface area contributed by atoms with Crippen LogP contribution in [-0.2, 0) is 11.3 Å². The van der Waals surface area contributed by atoms with Crippen molar-refractivity contribution in [2.75, 3.05) is 10.6 Å². The highest BCUT2D eigenvalue weighted by Crippen LogP contribution is 2.19. The molecule has 0 aliphatic heterocycles. The maximum Gasteiger partial charge on any atom is 0.244 e.